The summed E-state index contributed by atoms with van der Waals surface area (Å²) >= 11 is 3.57. The summed E-state index contributed by atoms with van der Waals surface area (Å²) in [4.78, 5) is 0. The van der Waals surface area contributed by atoms with E-state index in [1.54, 1.807) is 0 Å². The summed E-state index contributed by atoms with van der Waals surface area (Å²) in [7, 11) is 0. The molecule has 0 aliphatic carbocycles. The van der Waals surface area contributed by atoms with Crippen LogP contribution in [0.3, 0.4) is 0 Å². The maximum Gasteiger partial charge on any atom is 0.148 e. The quantitative estimate of drug-likeness (QED) is 0.845. The molecule has 0 fully saturated rings. The first-order chi connectivity index (χ1) is 8.65. The van der Waals surface area contributed by atoms with Gasteiger partial charge in [-0.15, -0.1) is 0 Å². The van der Waals surface area contributed by atoms with E-state index in [9.17, 15) is 0 Å². The van der Waals surface area contributed by atoms with Crippen LogP contribution in [0.5, 0.6) is 0 Å². The molecular weight excluding hydrogens is 290 g/mol. The van der Waals surface area contributed by atoms with Gasteiger partial charge in [-0.3, -0.25) is 0 Å². The maximum absolute atomic E-state index is 5.99. The van der Waals surface area contributed by atoms with Crippen LogP contribution >= 0.6 is 15.9 Å². The second-order valence-corrected chi connectivity index (χ2v) is 5.58. The number of rotatable bonds is 5. The molecule has 0 amide bonds. The molecule has 0 bridgehead atoms. The van der Waals surface area contributed by atoms with Crippen LogP contribution in [0.15, 0.2) is 27.1 Å². The van der Waals surface area contributed by atoms with Gasteiger partial charge in [0.15, 0.2) is 0 Å². The lowest BCUT2D eigenvalue weighted by Crippen LogP contribution is -2.20. The van der Waals surface area contributed by atoms with Crippen molar-refractivity contribution in [1.82, 2.24) is 5.32 Å². The first-order valence-electron chi connectivity index (χ1n) is 6.58. The van der Waals surface area contributed by atoms with Crippen LogP contribution in [0, 0.1) is 6.92 Å². The Kier molecular flexibility index (Phi) is 4.46. The van der Waals surface area contributed by atoms with Crippen molar-refractivity contribution in [1.29, 1.82) is 0 Å². The molecule has 0 saturated heterocycles. The van der Waals surface area contributed by atoms with Crippen molar-refractivity contribution in [3.63, 3.8) is 0 Å². The van der Waals surface area contributed by atoms with Crippen LogP contribution in [0.2, 0.25) is 0 Å². The van der Waals surface area contributed by atoms with Crippen LogP contribution in [-0.4, -0.2) is 6.54 Å². The smallest absolute Gasteiger partial charge is 0.148 e. The Hall–Kier alpha value is -0.800. The minimum absolute atomic E-state index is 0.310. The molecule has 18 heavy (non-hydrogen) atoms. The number of benzene rings is 1. The molecule has 2 rings (SSSR count). The van der Waals surface area contributed by atoms with Gasteiger partial charge in [0.05, 0.1) is 10.5 Å². The normalized spacial score (nSPS) is 13.1. The van der Waals surface area contributed by atoms with E-state index < -0.39 is 0 Å². The lowest BCUT2D eigenvalue weighted by atomic mass is 10.1. The molecular formula is C15H20BrNO. The summed E-state index contributed by atoms with van der Waals surface area (Å²) in [5.74, 6) is 1.03. The first kappa shape index (κ1) is 13.6. The number of nitrogens with one attached hydrogen (secondary N) is 1. The number of halogens is 1. The van der Waals surface area contributed by atoms with Crippen molar-refractivity contribution in [3.8, 4) is 0 Å². The van der Waals surface area contributed by atoms with Crippen LogP contribution < -0.4 is 5.32 Å². The van der Waals surface area contributed by atoms with Gasteiger partial charge in [0.1, 0.15) is 11.3 Å². The number of furan rings is 1. The standard InChI is InChI=1S/C15H20BrNO/c1-4-6-17-13(5-2)14-9-11-7-10(3)8-12(16)15(11)18-14/h7-9,13,17H,4-6H2,1-3H3. The molecule has 1 atom stereocenters. The fourth-order valence-electron chi connectivity index (χ4n) is 2.21. The van der Waals surface area contributed by atoms with Gasteiger partial charge in [-0.1, -0.05) is 13.8 Å². The average molecular weight is 310 g/mol. The SMILES string of the molecule is CCCNC(CC)c1cc2cc(C)cc(Br)c2o1. The highest BCUT2D eigenvalue weighted by molar-refractivity contribution is 9.10. The lowest BCUT2D eigenvalue weighted by Gasteiger charge is -2.13. The zero-order chi connectivity index (χ0) is 13.1. The molecule has 1 N–H and O–H groups in total. The van der Waals surface area contributed by atoms with Crippen LogP contribution in [0.1, 0.15) is 44.1 Å². The summed E-state index contributed by atoms with van der Waals surface area (Å²) in [6.45, 7) is 7.48. The molecule has 98 valence electrons. The number of fused-ring (bicyclic) bond motifs is 1. The summed E-state index contributed by atoms with van der Waals surface area (Å²) in [5.41, 5.74) is 2.20. The number of aryl methyl sites for hydroxylation is 1. The van der Waals surface area contributed by atoms with E-state index in [0.717, 1.165) is 35.2 Å². The fourth-order valence-corrected chi connectivity index (χ4v) is 2.88. The van der Waals surface area contributed by atoms with Gasteiger partial charge in [0.2, 0.25) is 0 Å². The first-order valence-corrected chi connectivity index (χ1v) is 7.38. The van der Waals surface area contributed by atoms with Gasteiger partial charge in [-0.2, -0.15) is 0 Å². The molecule has 1 aromatic carbocycles. The topological polar surface area (TPSA) is 25.2 Å². The van der Waals surface area contributed by atoms with Crippen molar-refractivity contribution in [2.24, 2.45) is 0 Å². The summed E-state index contributed by atoms with van der Waals surface area (Å²) in [5, 5.41) is 4.70. The highest BCUT2D eigenvalue weighted by Gasteiger charge is 2.15. The third-order valence-electron chi connectivity index (χ3n) is 3.13. The Balaban J connectivity index is 2.36. The van der Waals surface area contributed by atoms with Crippen molar-refractivity contribution < 1.29 is 4.42 Å². The second-order valence-electron chi connectivity index (χ2n) is 4.73. The maximum atomic E-state index is 5.99. The van der Waals surface area contributed by atoms with Gasteiger partial charge in [0.25, 0.3) is 0 Å². The van der Waals surface area contributed by atoms with Crippen molar-refractivity contribution in [3.05, 3.63) is 34.0 Å². The van der Waals surface area contributed by atoms with Crippen LogP contribution in [-0.2, 0) is 0 Å². The van der Waals surface area contributed by atoms with Crippen LogP contribution in [0.4, 0.5) is 0 Å². The van der Waals surface area contributed by atoms with E-state index in [-0.39, 0.29) is 0 Å². The molecule has 2 aromatic rings. The average Bonchev–Trinajstić information content (AvgIpc) is 2.74. The highest BCUT2D eigenvalue weighted by Crippen LogP contribution is 2.31. The molecule has 0 radical (unpaired) electrons. The monoisotopic (exact) mass is 309 g/mol. The van der Waals surface area contributed by atoms with Crippen molar-refractivity contribution in [2.75, 3.05) is 6.54 Å². The molecule has 1 aromatic heterocycles. The predicted molar refractivity (Wildman–Crippen MR) is 80.0 cm³/mol. The largest absolute Gasteiger partial charge is 0.458 e. The van der Waals surface area contributed by atoms with Gasteiger partial charge >= 0.3 is 0 Å². The highest BCUT2D eigenvalue weighted by atomic mass is 79.9. The minimum Gasteiger partial charge on any atom is -0.458 e. The Morgan fingerprint density at radius 1 is 1.28 bits per heavy atom. The Labute approximate surface area is 117 Å². The second kappa shape index (κ2) is 5.89. The van der Waals surface area contributed by atoms with Gasteiger partial charge < -0.3 is 9.73 Å². The van der Waals surface area contributed by atoms with Crippen LogP contribution in [0.25, 0.3) is 11.0 Å². The molecule has 0 saturated carbocycles. The van der Waals surface area contributed by atoms with E-state index in [0.29, 0.717) is 6.04 Å². The molecule has 1 heterocycles. The lowest BCUT2D eigenvalue weighted by molar-refractivity contribution is 0.421. The molecule has 2 nitrogen and oxygen atoms in total. The van der Waals surface area contributed by atoms with Crippen molar-refractivity contribution >= 4 is 26.9 Å². The van der Waals surface area contributed by atoms with Gasteiger partial charge in [-0.05, 0) is 66.0 Å². The predicted octanol–water partition coefficient (Wildman–Crippen LogP) is 4.95. The molecule has 1 unspecified atom stereocenters. The molecule has 0 aliphatic rings. The number of hydrogen-bond donors (Lipinski definition) is 1. The summed E-state index contributed by atoms with van der Waals surface area (Å²) < 4.78 is 7.03. The van der Waals surface area contributed by atoms with E-state index in [1.165, 1.54) is 10.9 Å². The van der Waals surface area contributed by atoms with E-state index in [4.69, 9.17) is 4.42 Å². The zero-order valence-electron chi connectivity index (χ0n) is 11.2. The Morgan fingerprint density at radius 3 is 2.72 bits per heavy atom. The fraction of sp³-hybridized carbons (Fsp3) is 0.467. The van der Waals surface area contributed by atoms with Gasteiger partial charge in [0, 0.05) is 5.39 Å². The van der Waals surface area contributed by atoms with E-state index >= 15 is 0 Å². The van der Waals surface area contributed by atoms with E-state index in [2.05, 4.69) is 60.2 Å². The third-order valence-corrected chi connectivity index (χ3v) is 3.72. The summed E-state index contributed by atoms with van der Waals surface area (Å²) in [6.07, 6.45) is 2.18. The van der Waals surface area contributed by atoms with Crippen molar-refractivity contribution in [2.45, 2.75) is 39.7 Å². The van der Waals surface area contributed by atoms with E-state index in [1.807, 2.05) is 0 Å². The Morgan fingerprint density at radius 2 is 2.06 bits per heavy atom. The Bertz CT molecular complexity index is 533. The summed E-state index contributed by atoms with van der Waals surface area (Å²) in [6, 6.07) is 6.73. The van der Waals surface area contributed by atoms with Gasteiger partial charge in [-0.25, -0.2) is 0 Å². The minimum atomic E-state index is 0.310. The zero-order valence-corrected chi connectivity index (χ0v) is 12.8. The molecule has 0 spiro atoms. The molecule has 3 heteroatoms. The third kappa shape index (κ3) is 2.78. The molecule has 0 aliphatic heterocycles. The number of hydrogen-bond acceptors (Lipinski definition) is 2.